The van der Waals surface area contributed by atoms with E-state index in [4.69, 9.17) is 4.74 Å². The highest BCUT2D eigenvalue weighted by Crippen LogP contribution is 2.17. The number of hydrogen-bond donors (Lipinski definition) is 3. The summed E-state index contributed by atoms with van der Waals surface area (Å²) in [6.45, 7) is 7.23. The van der Waals surface area contributed by atoms with E-state index in [1.165, 1.54) is 0 Å². The van der Waals surface area contributed by atoms with Gasteiger partial charge in [0, 0.05) is 44.8 Å². The number of likely N-dealkylation sites (N-methyl/N-ethyl adjacent to an activating group) is 1. The minimum Gasteiger partial charge on any atom is -0.492 e. The lowest BCUT2D eigenvalue weighted by Crippen LogP contribution is -2.45. The van der Waals surface area contributed by atoms with Crippen LogP contribution in [-0.2, 0) is 13.1 Å². The average molecular weight is 346 g/mol. The molecule has 1 fully saturated rings. The first kappa shape index (κ1) is 17.7. The largest absolute Gasteiger partial charge is 0.492 e. The van der Waals surface area contributed by atoms with E-state index in [-0.39, 0.29) is 5.69 Å². The predicted octanol–water partition coefficient (Wildman–Crippen LogP) is 0.0140. The summed E-state index contributed by atoms with van der Waals surface area (Å²) < 4.78 is 6.00. The number of ether oxygens (including phenoxy) is 1. The Bertz CT molecular complexity index is 705. The quantitative estimate of drug-likeness (QED) is 0.624. The fraction of sp³-hybridized carbons (Fsp3) is 0.529. The van der Waals surface area contributed by atoms with Crippen LogP contribution in [0.2, 0.25) is 0 Å². The number of aromatic nitrogens is 3. The van der Waals surface area contributed by atoms with Crippen LogP contribution in [0.5, 0.6) is 5.75 Å². The zero-order chi connectivity index (χ0) is 17.5. The van der Waals surface area contributed by atoms with Gasteiger partial charge in [0.1, 0.15) is 18.2 Å². The molecule has 0 unspecified atom stereocenters. The zero-order valence-electron chi connectivity index (χ0n) is 14.6. The maximum absolute atomic E-state index is 11.0. The van der Waals surface area contributed by atoms with Crippen molar-refractivity contribution >= 4 is 0 Å². The molecule has 1 aromatic heterocycles. The Hall–Kier alpha value is -2.16. The van der Waals surface area contributed by atoms with Crippen LogP contribution in [0.3, 0.4) is 0 Å². The minimum atomic E-state index is -0.288. The van der Waals surface area contributed by atoms with Crippen LogP contribution in [0.4, 0.5) is 0 Å². The molecule has 0 atom stereocenters. The molecule has 0 radical (unpaired) electrons. The van der Waals surface area contributed by atoms with Gasteiger partial charge in [-0.05, 0) is 13.1 Å². The first-order chi connectivity index (χ1) is 12.2. The molecule has 1 aliphatic heterocycles. The Labute approximate surface area is 147 Å². The van der Waals surface area contributed by atoms with Crippen LogP contribution < -0.4 is 15.7 Å². The molecule has 0 bridgehead atoms. The molecule has 2 heterocycles. The molecule has 136 valence electrons. The van der Waals surface area contributed by atoms with Gasteiger partial charge in [-0.1, -0.05) is 18.2 Å². The average Bonchev–Trinajstić information content (AvgIpc) is 3.03. The topological polar surface area (TPSA) is 89.3 Å². The van der Waals surface area contributed by atoms with Gasteiger partial charge >= 0.3 is 5.69 Å². The summed E-state index contributed by atoms with van der Waals surface area (Å²) in [4.78, 5) is 18.4. The van der Waals surface area contributed by atoms with Gasteiger partial charge in [0.2, 0.25) is 0 Å². The van der Waals surface area contributed by atoms with Gasteiger partial charge in [-0.3, -0.25) is 9.88 Å². The molecule has 0 aliphatic carbocycles. The third-order valence-electron chi connectivity index (χ3n) is 4.39. The number of aromatic amines is 2. The number of para-hydroxylation sites is 1. The minimum absolute atomic E-state index is 0.288. The van der Waals surface area contributed by atoms with Crippen molar-refractivity contribution < 1.29 is 4.74 Å². The van der Waals surface area contributed by atoms with Crippen molar-refractivity contribution in [1.82, 2.24) is 30.3 Å². The first-order valence-corrected chi connectivity index (χ1v) is 8.66. The van der Waals surface area contributed by atoms with E-state index in [2.05, 4.69) is 37.3 Å². The summed E-state index contributed by atoms with van der Waals surface area (Å²) in [6, 6.07) is 8.03. The molecule has 3 N–H and O–H groups in total. The van der Waals surface area contributed by atoms with Crippen molar-refractivity contribution in [3.63, 3.8) is 0 Å². The summed E-state index contributed by atoms with van der Waals surface area (Å²) in [5.74, 6) is 1.50. The third kappa shape index (κ3) is 5.42. The fourth-order valence-corrected chi connectivity index (χ4v) is 2.85. The molecular weight excluding hydrogens is 320 g/mol. The van der Waals surface area contributed by atoms with E-state index in [1.807, 2.05) is 24.3 Å². The van der Waals surface area contributed by atoms with Crippen LogP contribution in [0.1, 0.15) is 11.4 Å². The highest BCUT2D eigenvalue weighted by atomic mass is 16.5. The lowest BCUT2D eigenvalue weighted by Gasteiger charge is -2.32. The number of nitrogens with one attached hydrogen (secondary N) is 3. The van der Waals surface area contributed by atoms with Gasteiger partial charge in [-0.2, -0.15) is 5.10 Å². The Balaban J connectivity index is 1.44. The summed E-state index contributed by atoms with van der Waals surface area (Å²) in [5.41, 5.74) is 0.809. The third-order valence-corrected chi connectivity index (χ3v) is 4.39. The molecule has 8 nitrogen and oxygen atoms in total. The lowest BCUT2D eigenvalue weighted by molar-refractivity contribution is 0.133. The summed E-state index contributed by atoms with van der Waals surface area (Å²) in [5, 5.41) is 9.51. The van der Waals surface area contributed by atoms with Gasteiger partial charge < -0.3 is 15.0 Å². The number of benzene rings is 1. The number of piperazine rings is 1. The van der Waals surface area contributed by atoms with E-state index < -0.39 is 0 Å². The van der Waals surface area contributed by atoms with Crippen molar-refractivity contribution in [3.8, 4) is 5.75 Å². The monoisotopic (exact) mass is 346 g/mol. The Morgan fingerprint density at radius 1 is 1.20 bits per heavy atom. The number of nitrogens with zero attached hydrogens (tertiary/aromatic N) is 3. The number of H-pyrrole nitrogens is 2. The smallest absolute Gasteiger partial charge is 0.340 e. The van der Waals surface area contributed by atoms with Gasteiger partial charge in [-0.25, -0.2) is 9.89 Å². The summed E-state index contributed by atoms with van der Waals surface area (Å²) in [6.07, 6.45) is 0. The van der Waals surface area contributed by atoms with E-state index >= 15 is 0 Å². The molecule has 0 saturated carbocycles. The highest BCUT2D eigenvalue weighted by Gasteiger charge is 2.13. The molecule has 1 aromatic carbocycles. The van der Waals surface area contributed by atoms with Crippen molar-refractivity contribution in [2.45, 2.75) is 13.1 Å². The highest BCUT2D eigenvalue weighted by molar-refractivity contribution is 5.33. The number of rotatable bonds is 8. The maximum atomic E-state index is 11.0. The molecular formula is C17H26N6O2. The van der Waals surface area contributed by atoms with E-state index in [0.717, 1.165) is 44.0 Å². The second-order valence-corrected chi connectivity index (χ2v) is 6.33. The molecule has 2 aromatic rings. The van der Waals surface area contributed by atoms with Crippen LogP contribution in [0.15, 0.2) is 29.1 Å². The zero-order valence-corrected chi connectivity index (χ0v) is 14.6. The van der Waals surface area contributed by atoms with Crippen LogP contribution >= 0.6 is 0 Å². The summed E-state index contributed by atoms with van der Waals surface area (Å²) in [7, 11) is 2.16. The molecule has 0 amide bonds. The van der Waals surface area contributed by atoms with E-state index in [0.29, 0.717) is 25.5 Å². The van der Waals surface area contributed by atoms with Gasteiger partial charge in [0.15, 0.2) is 0 Å². The Morgan fingerprint density at radius 2 is 2.00 bits per heavy atom. The van der Waals surface area contributed by atoms with Crippen LogP contribution in [0.25, 0.3) is 0 Å². The van der Waals surface area contributed by atoms with Gasteiger partial charge in [0.25, 0.3) is 0 Å². The second-order valence-electron chi connectivity index (χ2n) is 6.33. The Kier molecular flexibility index (Phi) is 6.21. The van der Waals surface area contributed by atoms with Crippen LogP contribution in [-0.4, -0.2) is 71.4 Å². The Morgan fingerprint density at radius 3 is 2.76 bits per heavy atom. The SMILES string of the molecule is CN1CCN(CCOc2ccccc2CNCc2n[nH]c(=O)[nH]2)CC1. The normalized spacial score (nSPS) is 16.2. The fourth-order valence-electron chi connectivity index (χ4n) is 2.85. The first-order valence-electron chi connectivity index (χ1n) is 8.66. The van der Waals surface area contributed by atoms with Gasteiger partial charge in [0.05, 0.1) is 6.54 Å². The van der Waals surface area contributed by atoms with Crippen molar-refractivity contribution in [2.24, 2.45) is 0 Å². The standard InChI is InChI=1S/C17H26N6O2/c1-22-6-8-23(9-7-22)10-11-25-15-5-3-2-4-14(15)12-18-13-16-19-17(24)21-20-16/h2-5,18H,6-13H2,1H3,(H2,19,20,21,24). The molecule has 3 rings (SSSR count). The van der Waals surface area contributed by atoms with Crippen molar-refractivity contribution in [1.29, 1.82) is 0 Å². The van der Waals surface area contributed by atoms with E-state index in [9.17, 15) is 4.79 Å². The lowest BCUT2D eigenvalue weighted by atomic mass is 10.2. The predicted molar refractivity (Wildman–Crippen MR) is 95.6 cm³/mol. The van der Waals surface area contributed by atoms with Crippen LogP contribution in [0, 0.1) is 0 Å². The summed E-state index contributed by atoms with van der Waals surface area (Å²) >= 11 is 0. The van der Waals surface area contributed by atoms with Crippen molar-refractivity contribution in [2.75, 3.05) is 46.4 Å². The second kappa shape index (κ2) is 8.80. The maximum Gasteiger partial charge on any atom is 0.340 e. The molecule has 0 spiro atoms. The molecule has 1 aliphatic rings. The van der Waals surface area contributed by atoms with Gasteiger partial charge in [-0.15, -0.1) is 0 Å². The van der Waals surface area contributed by atoms with E-state index in [1.54, 1.807) is 0 Å². The molecule has 1 saturated heterocycles. The molecule has 8 heteroatoms. The molecule has 25 heavy (non-hydrogen) atoms. The number of hydrogen-bond acceptors (Lipinski definition) is 6. The van der Waals surface area contributed by atoms with Crippen molar-refractivity contribution in [3.05, 3.63) is 46.1 Å².